The van der Waals surface area contributed by atoms with E-state index in [-0.39, 0.29) is 17.3 Å². The second kappa shape index (κ2) is 7.63. The maximum Gasteiger partial charge on any atom is 0.416 e. The number of nitrogens with one attached hydrogen (secondary N) is 2. The van der Waals surface area contributed by atoms with Crippen LogP contribution < -0.4 is 10.6 Å². The summed E-state index contributed by atoms with van der Waals surface area (Å²) in [6.45, 7) is 0. The molecule has 0 bridgehead atoms. The van der Waals surface area contributed by atoms with E-state index in [0.29, 0.717) is 10.7 Å². The third-order valence-electron chi connectivity index (χ3n) is 3.46. The molecule has 0 radical (unpaired) electrons. The molecule has 138 valence electrons. The first-order valence-corrected chi connectivity index (χ1v) is 8.04. The van der Waals surface area contributed by atoms with Gasteiger partial charge >= 0.3 is 6.18 Å². The lowest BCUT2D eigenvalue weighted by Crippen LogP contribution is -2.15. The predicted octanol–water partition coefficient (Wildman–Crippen LogP) is 5.14. The lowest BCUT2D eigenvalue weighted by Gasteiger charge is -2.10. The zero-order valence-electron chi connectivity index (χ0n) is 13.6. The minimum Gasteiger partial charge on any atom is -0.323 e. The number of hydrogen-bond acceptors (Lipinski definition) is 4. The number of carbonyl (C=O) groups excluding carboxylic acids is 1. The quantitative estimate of drug-likeness (QED) is 0.644. The molecule has 0 aliphatic rings. The minimum atomic E-state index is -4.50. The number of carbonyl (C=O) groups is 1. The van der Waals surface area contributed by atoms with E-state index < -0.39 is 17.6 Å². The third-order valence-corrected chi connectivity index (χ3v) is 3.79. The summed E-state index contributed by atoms with van der Waals surface area (Å²) in [6, 6.07) is 12.6. The Bertz CT molecular complexity index is 979. The highest BCUT2D eigenvalue weighted by Gasteiger charge is 2.30. The largest absolute Gasteiger partial charge is 0.416 e. The molecule has 0 saturated heterocycles. The van der Waals surface area contributed by atoms with Gasteiger partial charge in [-0.15, -0.1) is 0 Å². The number of alkyl halides is 3. The first kappa shape index (κ1) is 18.7. The van der Waals surface area contributed by atoms with Gasteiger partial charge in [-0.05, 0) is 36.4 Å². The molecular formula is C18H12ClF3N4O. The molecule has 2 N–H and O–H groups in total. The van der Waals surface area contributed by atoms with Crippen molar-refractivity contribution in [1.29, 1.82) is 0 Å². The minimum absolute atomic E-state index is 0.00838. The molecule has 1 amide bonds. The summed E-state index contributed by atoms with van der Waals surface area (Å²) in [5.74, 6) is -0.543. The van der Waals surface area contributed by atoms with Gasteiger partial charge in [-0.3, -0.25) is 4.79 Å². The lowest BCUT2D eigenvalue weighted by atomic mass is 10.2. The third kappa shape index (κ3) is 4.73. The molecule has 3 rings (SSSR count). The van der Waals surface area contributed by atoms with Gasteiger partial charge < -0.3 is 10.6 Å². The van der Waals surface area contributed by atoms with Crippen LogP contribution in [0, 0.1) is 0 Å². The number of halogens is 4. The Morgan fingerprint density at radius 3 is 2.56 bits per heavy atom. The molecule has 0 fully saturated rings. The fourth-order valence-electron chi connectivity index (χ4n) is 2.20. The van der Waals surface area contributed by atoms with Crippen LogP contribution in [0.3, 0.4) is 0 Å². The van der Waals surface area contributed by atoms with Gasteiger partial charge in [0.05, 0.1) is 16.3 Å². The van der Waals surface area contributed by atoms with Gasteiger partial charge in [0, 0.05) is 11.9 Å². The zero-order chi connectivity index (χ0) is 19.4. The van der Waals surface area contributed by atoms with Crippen molar-refractivity contribution in [1.82, 2.24) is 9.97 Å². The molecule has 0 unspecified atom stereocenters. The van der Waals surface area contributed by atoms with Gasteiger partial charge in [0.2, 0.25) is 5.95 Å². The van der Waals surface area contributed by atoms with Crippen molar-refractivity contribution in [2.75, 3.05) is 10.6 Å². The number of rotatable bonds is 4. The molecule has 0 aliphatic heterocycles. The number of aromatic nitrogens is 2. The molecule has 1 heterocycles. The van der Waals surface area contributed by atoms with Gasteiger partial charge in [0.1, 0.15) is 5.69 Å². The molecule has 2 aromatic carbocycles. The Morgan fingerprint density at radius 1 is 1.04 bits per heavy atom. The molecule has 0 spiro atoms. The second-order valence-electron chi connectivity index (χ2n) is 5.40. The van der Waals surface area contributed by atoms with Crippen molar-refractivity contribution in [2.45, 2.75) is 6.18 Å². The van der Waals surface area contributed by atoms with Gasteiger partial charge in [-0.1, -0.05) is 29.8 Å². The number of nitrogens with zero attached hydrogens (tertiary/aromatic N) is 2. The van der Waals surface area contributed by atoms with Crippen molar-refractivity contribution in [2.24, 2.45) is 0 Å². The smallest absolute Gasteiger partial charge is 0.323 e. The Hall–Kier alpha value is -3.13. The molecule has 0 aliphatic carbocycles. The molecule has 3 aromatic rings. The highest BCUT2D eigenvalue weighted by Crippen LogP contribution is 2.30. The highest BCUT2D eigenvalue weighted by molar-refractivity contribution is 6.33. The van der Waals surface area contributed by atoms with Crippen LogP contribution in [0.15, 0.2) is 60.8 Å². The summed E-state index contributed by atoms with van der Waals surface area (Å²) in [4.78, 5) is 20.4. The van der Waals surface area contributed by atoms with E-state index in [2.05, 4.69) is 20.6 Å². The molecule has 5 nitrogen and oxygen atoms in total. The zero-order valence-corrected chi connectivity index (χ0v) is 14.3. The molecule has 27 heavy (non-hydrogen) atoms. The van der Waals surface area contributed by atoms with E-state index in [4.69, 9.17) is 11.6 Å². The van der Waals surface area contributed by atoms with Crippen LogP contribution in [0.5, 0.6) is 0 Å². The Labute approximate surface area is 157 Å². The number of hydrogen-bond donors (Lipinski definition) is 2. The average molecular weight is 393 g/mol. The molecular weight excluding hydrogens is 381 g/mol. The predicted molar refractivity (Wildman–Crippen MR) is 96.2 cm³/mol. The molecule has 1 aromatic heterocycles. The lowest BCUT2D eigenvalue weighted by molar-refractivity contribution is -0.137. The highest BCUT2D eigenvalue weighted by atomic mass is 35.5. The van der Waals surface area contributed by atoms with Crippen molar-refractivity contribution in [3.8, 4) is 0 Å². The maximum absolute atomic E-state index is 12.8. The Balaban J connectivity index is 1.77. The molecule has 0 saturated carbocycles. The summed E-state index contributed by atoms with van der Waals surface area (Å²) >= 11 is 6.05. The Morgan fingerprint density at radius 2 is 1.81 bits per heavy atom. The first-order valence-electron chi connectivity index (χ1n) is 7.66. The summed E-state index contributed by atoms with van der Waals surface area (Å²) < 4.78 is 38.3. The second-order valence-corrected chi connectivity index (χ2v) is 5.81. The van der Waals surface area contributed by atoms with Crippen molar-refractivity contribution < 1.29 is 18.0 Å². The fourth-order valence-corrected chi connectivity index (χ4v) is 2.38. The number of benzene rings is 2. The maximum atomic E-state index is 12.8. The van der Waals surface area contributed by atoms with E-state index in [9.17, 15) is 18.0 Å². The monoisotopic (exact) mass is 392 g/mol. The van der Waals surface area contributed by atoms with E-state index in [0.717, 1.165) is 12.1 Å². The van der Waals surface area contributed by atoms with Crippen LogP contribution in [-0.4, -0.2) is 15.9 Å². The SMILES string of the molecule is O=C(Nc1cccc(C(F)(F)F)c1)c1ccnc(Nc2ccccc2Cl)n1. The van der Waals surface area contributed by atoms with Crippen LogP contribution in [0.4, 0.5) is 30.5 Å². The summed E-state index contributed by atoms with van der Waals surface area (Å²) in [5.41, 5.74) is -0.315. The van der Waals surface area contributed by atoms with E-state index >= 15 is 0 Å². The normalized spacial score (nSPS) is 11.1. The summed E-state index contributed by atoms with van der Waals surface area (Å²) in [6.07, 6.45) is -3.14. The van der Waals surface area contributed by atoms with Crippen molar-refractivity contribution in [3.05, 3.63) is 77.1 Å². The number of amides is 1. The number of para-hydroxylation sites is 1. The topological polar surface area (TPSA) is 66.9 Å². The standard InChI is InChI=1S/C18H12ClF3N4O/c19-13-6-1-2-7-14(13)25-17-23-9-8-15(26-17)16(27)24-12-5-3-4-11(10-12)18(20,21)22/h1-10H,(H,24,27)(H,23,25,26). The number of anilines is 3. The fraction of sp³-hybridized carbons (Fsp3) is 0.0556. The summed E-state index contributed by atoms with van der Waals surface area (Å²) in [7, 11) is 0. The molecule has 0 atom stereocenters. The van der Waals surface area contributed by atoms with E-state index in [1.165, 1.54) is 24.4 Å². The van der Waals surface area contributed by atoms with Crippen LogP contribution in [-0.2, 0) is 6.18 Å². The van der Waals surface area contributed by atoms with Crippen LogP contribution in [0.25, 0.3) is 0 Å². The van der Waals surface area contributed by atoms with Gasteiger partial charge in [-0.2, -0.15) is 13.2 Å². The van der Waals surface area contributed by atoms with E-state index in [1.54, 1.807) is 24.3 Å². The van der Waals surface area contributed by atoms with Gasteiger partial charge in [0.25, 0.3) is 5.91 Å². The first-order chi connectivity index (χ1) is 12.8. The van der Waals surface area contributed by atoms with Gasteiger partial charge in [0.15, 0.2) is 0 Å². The average Bonchev–Trinajstić information content (AvgIpc) is 2.63. The van der Waals surface area contributed by atoms with E-state index in [1.807, 2.05) is 0 Å². The van der Waals surface area contributed by atoms with Crippen LogP contribution >= 0.6 is 11.6 Å². The van der Waals surface area contributed by atoms with Crippen molar-refractivity contribution in [3.63, 3.8) is 0 Å². The van der Waals surface area contributed by atoms with Crippen LogP contribution in [0.2, 0.25) is 5.02 Å². The van der Waals surface area contributed by atoms with Crippen LogP contribution in [0.1, 0.15) is 16.1 Å². The molecule has 9 heteroatoms. The Kier molecular flexibility index (Phi) is 5.27. The van der Waals surface area contributed by atoms with Gasteiger partial charge in [-0.25, -0.2) is 9.97 Å². The summed E-state index contributed by atoms with van der Waals surface area (Å²) in [5, 5.41) is 5.71. The van der Waals surface area contributed by atoms with Crippen molar-refractivity contribution >= 4 is 34.8 Å².